The molecule has 0 spiro atoms. The molecule has 0 aliphatic heterocycles. The Labute approximate surface area is 96.3 Å². The van der Waals surface area contributed by atoms with Crippen LogP contribution in [0.15, 0.2) is 18.2 Å². The number of aromatic nitrogens is 1. The van der Waals surface area contributed by atoms with Crippen molar-refractivity contribution in [2.24, 2.45) is 0 Å². The van der Waals surface area contributed by atoms with Crippen molar-refractivity contribution in [2.75, 3.05) is 7.11 Å². The zero-order valence-electron chi connectivity index (χ0n) is 8.90. The fourth-order valence-electron chi connectivity index (χ4n) is 1.15. The molecule has 0 aliphatic carbocycles. The summed E-state index contributed by atoms with van der Waals surface area (Å²) in [5, 5.41) is 27.6. The number of rotatable bonds is 4. The highest BCUT2D eigenvalue weighted by molar-refractivity contribution is 5.85. The second kappa shape index (κ2) is 5.37. The first-order chi connectivity index (χ1) is 7.97. The highest BCUT2D eigenvalue weighted by Gasteiger charge is 2.27. The molecule has 1 heterocycles. The van der Waals surface area contributed by atoms with Crippen LogP contribution in [0.1, 0.15) is 22.3 Å². The van der Waals surface area contributed by atoms with E-state index in [1.165, 1.54) is 18.2 Å². The smallest absolute Gasteiger partial charge is 0.354 e. The Morgan fingerprint density at radius 2 is 2.00 bits per heavy atom. The average molecular weight is 241 g/mol. The maximum absolute atomic E-state index is 11.0. The number of ether oxygens (including phenoxy) is 1. The fraction of sp³-hybridized carbons (Fsp3) is 0.300. The SMILES string of the molecule is COC(=O)C(O)C(O)c1cccc(C(=O)O)n1. The van der Waals surface area contributed by atoms with Crippen molar-refractivity contribution in [3.8, 4) is 0 Å². The van der Waals surface area contributed by atoms with Crippen LogP contribution in [0.4, 0.5) is 0 Å². The van der Waals surface area contributed by atoms with Crippen LogP contribution in [-0.4, -0.2) is 45.5 Å². The van der Waals surface area contributed by atoms with Crippen molar-refractivity contribution in [1.82, 2.24) is 4.98 Å². The zero-order chi connectivity index (χ0) is 13.0. The van der Waals surface area contributed by atoms with Gasteiger partial charge in [-0.3, -0.25) is 0 Å². The van der Waals surface area contributed by atoms with Crippen LogP contribution in [-0.2, 0) is 9.53 Å². The molecule has 0 bridgehead atoms. The van der Waals surface area contributed by atoms with Crippen LogP contribution in [0.25, 0.3) is 0 Å². The summed E-state index contributed by atoms with van der Waals surface area (Å²) in [7, 11) is 1.05. The van der Waals surface area contributed by atoms with Crippen molar-refractivity contribution in [3.05, 3.63) is 29.6 Å². The normalized spacial score (nSPS) is 13.8. The molecular weight excluding hydrogens is 230 g/mol. The molecule has 17 heavy (non-hydrogen) atoms. The van der Waals surface area contributed by atoms with Crippen molar-refractivity contribution in [1.29, 1.82) is 0 Å². The Morgan fingerprint density at radius 3 is 2.53 bits per heavy atom. The molecule has 0 aliphatic rings. The quantitative estimate of drug-likeness (QED) is 0.599. The van der Waals surface area contributed by atoms with Gasteiger partial charge in [0.25, 0.3) is 0 Å². The summed E-state index contributed by atoms with van der Waals surface area (Å²) in [5.41, 5.74) is -0.415. The van der Waals surface area contributed by atoms with Gasteiger partial charge in [0.15, 0.2) is 6.10 Å². The van der Waals surface area contributed by atoms with Crippen molar-refractivity contribution < 1.29 is 29.6 Å². The lowest BCUT2D eigenvalue weighted by atomic mass is 10.1. The van der Waals surface area contributed by atoms with Gasteiger partial charge >= 0.3 is 11.9 Å². The number of aromatic carboxylic acids is 1. The number of hydrogen-bond donors (Lipinski definition) is 3. The van der Waals surface area contributed by atoms with Gasteiger partial charge in [-0.1, -0.05) is 6.07 Å². The van der Waals surface area contributed by atoms with Gasteiger partial charge in [0.2, 0.25) is 0 Å². The number of methoxy groups -OCH3 is 1. The van der Waals surface area contributed by atoms with Gasteiger partial charge in [-0.05, 0) is 12.1 Å². The summed E-state index contributed by atoms with van der Waals surface area (Å²) in [6, 6.07) is 3.87. The first-order valence-corrected chi connectivity index (χ1v) is 4.61. The molecule has 92 valence electrons. The Hall–Kier alpha value is -1.99. The van der Waals surface area contributed by atoms with E-state index in [4.69, 9.17) is 5.11 Å². The predicted molar refractivity (Wildman–Crippen MR) is 54.2 cm³/mol. The number of pyridine rings is 1. The molecule has 1 aromatic heterocycles. The number of carboxylic acids is 1. The van der Waals surface area contributed by atoms with E-state index in [9.17, 15) is 19.8 Å². The third kappa shape index (κ3) is 2.99. The molecule has 0 radical (unpaired) electrons. The number of carboxylic acid groups (broad SMARTS) is 1. The van der Waals surface area contributed by atoms with E-state index < -0.39 is 24.1 Å². The summed E-state index contributed by atoms with van der Waals surface area (Å²) in [6.07, 6.45) is -3.45. The Morgan fingerprint density at radius 1 is 1.35 bits per heavy atom. The van der Waals surface area contributed by atoms with Crippen LogP contribution in [0, 0.1) is 0 Å². The highest BCUT2D eigenvalue weighted by atomic mass is 16.5. The molecular formula is C10H11NO6. The minimum atomic E-state index is -1.81. The number of carbonyl (C=O) groups excluding carboxylic acids is 1. The van der Waals surface area contributed by atoms with E-state index in [0.717, 1.165) is 7.11 Å². The maximum atomic E-state index is 11.0. The highest BCUT2D eigenvalue weighted by Crippen LogP contribution is 2.16. The van der Waals surface area contributed by atoms with Gasteiger partial charge in [-0.25, -0.2) is 14.6 Å². The van der Waals surface area contributed by atoms with Crippen molar-refractivity contribution in [2.45, 2.75) is 12.2 Å². The summed E-state index contributed by atoms with van der Waals surface area (Å²) in [6.45, 7) is 0. The minimum absolute atomic E-state index is 0.122. The van der Waals surface area contributed by atoms with E-state index in [2.05, 4.69) is 9.72 Å². The van der Waals surface area contributed by atoms with Gasteiger partial charge in [0.1, 0.15) is 11.8 Å². The fourth-order valence-corrected chi connectivity index (χ4v) is 1.15. The van der Waals surface area contributed by atoms with Gasteiger partial charge in [0, 0.05) is 0 Å². The molecule has 3 N–H and O–H groups in total. The third-order valence-corrected chi connectivity index (χ3v) is 2.03. The first-order valence-electron chi connectivity index (χ1n) is 4.61. The number of aliphatic hydroxyl groups is 2. The minimum Gasteiger partial charge on any atom is -0.477 e. The monoisotopic (exact) mass is 241 g/mol. The third-order valence-electron chi connectivity index (χ3n) is 2.03. The number of hydrogen-bond acceptors (Lipinski definition) is 6. The predicted octanol–water partition coefficient (Wildman–Crippen LogP) is -0.653. The lowest BCUT2D eigenvalue weighted by Crippen LogP contribution is -2.29. The Bertz CT molecular complexity index is 433. The number of aliphatic hydroxyl groups excluding tert-OH is 2. The molecule has 0 saturated carbocycles. The molecule has 1 rings (SSSR count). The molecule has 0 amide bonds. The van der Waals surface area contributed by atoms with Gasteiger partial charge < -0.3 is 20.1 Å². The van der Waals surface area contributed by atoms with Crippen LogP contribution in [0.3, 0.4) is 0 Å². The van der Waals surface area contributed by atoms with E-state index >= 15 is 0 Å². The van der Waals surface area contributed by atoms with Crippen LogP contribution in [0.2, 0.25) is 0 Å². The van der Waals surface area contributed by atoms with Gasteiger partial charge in [-0.15, -0.1) is 0 Å². The number of nitrogens with zero attached hydrogens (tertiary/aromatic N) is 1. The molecule has 0 aromatic carbocycles. The topological polar surface area (TPSA) is 117 Å². The molecule has 0 fully saturated rings. The standard InChI is InChI=1S/C10H11NO6/c1-17-10(16)8(13)7(12)5-3-2-4-6(11-5)9(14)15/h2-4,7-8,12-13H,1H3,(H,14,15). The number of carbonyl (C=O) groups is 2. The zero-order valence-corrected chi connectivity index (χ0v) is 8.90. The van der Waals surface area contributed by atoms with Crippen molar-refractivity contribution >= 4 is 11.9 Å². The molecule has 0 saturated heterocycles. The first kappa shape index (κ1) is 13.1. The molecule has 1 aromatic rings. The molecule has 7 heteroatoms. The van der Waals surface area contributed by atoms with E-state index in [0.29, 0.717) is 0 Å². The summed E-state index contributed by atoms with van der Waals surface area (Å²) in [5.74, 6) is -2.30. The number of esters is 1. The van der Waals surface area contributed by atoms with Crippen LogP contribution >= 0.6 is 0 Å². The summed E-state index contributed by atoms with van der Waals surface area (Å²) in [4.78, 5) is 25.2. The van der Waals surface area contributed by atoms with Gasteiger partial charge in [-0.2, -0.15) is 0 Å². The second-order valence-corrected chi connectivity index (χ2v) is 3.17. The van der Waals surface area contributed by atoms with E-state index in [-0.39, 0.29) is 11.4 Å². The van der Waals surface area contributed by atoms with Crippen LogP contribution in [0.5, 0.6) is 0 Å². The van der Waals surface area contributed by atoms with E-state index in [1.54, 1.807) is 0 Å². The van der Waals surface area contributed by atoms with Crippen LogP contribution < -0.4 is 0 Å². The Kier molecular flexibility index (Phi) is 4.13. The molecule has 2 unspecified atom stereocenters. The summed E-state index contributed by atoms with van der Waals surface area (Å²) < 4.78 is 4.24. The van der Waals surface area contributed by atoms with E-state index in [1.807, 2.05) is 0 Å². The van der Waals surface area contributed by atoms with Gasteiger partial charge in [0.05, 0.1) is 12.8 Å². The Balaban J connectivity index is 2.96. The maximum Gasteiger partial charge on any atom is 0.354 e. The molecule has 2 atom stereocenters. The average Bonchev–Trinajstić information content (AvgIpc) is 2.36. The lowest BCUT2D eigenvalue weighted by molar-refractivity contribution is -0.157. The lowest BCUT2D eigenvalue weighted by Gasteiger charge is -2.15. The van der Waals surface area contributed by atoms with Crippen molar-refractivity contribution in [3.63, 3.8) is 0 Å². The second-order valence-electron chi connectivity index (χ2n) is 3.17. The largest absolute Gasteiger partial charge is 0.477 e. The summed E-state index contributed by atoms with van der Waals surface area (Å²) >= 11 is 0. The molecule has 7 nitrogen and oxygen atoms in total.